The fourth-order valence-corrected chi connectivity index (χ4v) is 3.87. The van der Waals surface area contributed by atoms with Crippen molar-refractivity contribution >= 4 is 45.2 Å². The Labute approximate surface area is 185 Å². The number of carbonyl (C=O) groups is 1. The molecule has 0 unspecified atom stereocenters. The predicted octanol–water partition coefficient (Wildman–Crippen LogP) is 5.71. The van der Waals surface area contributed by atoms with Crippen LogP contribution in [0.15, 0.2) is 72.8 Å². The maximum absolute atomic E-state index is 11.8. The number of carboxylic acids is 1. The van der Waals surface area contributed by atoms with Crippen molar-refractivity contribution < 1.29 is 14.8 Å². The number of nitro groups is 1. The molecule has 1 N–H and O–H groups in total. The van der Waals surface area contributed by atoms with Crippen LogP contribution in [0.2, 0.25) is 0 Å². The van der Waals surface area contributed by atoms with Crippen LogP contribution in [0.3, 0.4) is 0 Å². The predicted molar refractivity (Wildman–Crippen MR) is 123 cm³/mol. The number of halogens is 1. The van der Waals surface area contributed by atoms with Gasteiger partial charge in [0.1, 0.15) is 0 Å². The molecule has 0 atom stereocenters. The number of rotatable bonds is 5. The van der Waals surface area contributed by atoms with Crippen LogP contribution < -0.4 is 0 Å². The Bertz CT molecular complexity index is 1270. The van der Waals surface area contributed by atoms with Crippen LogP contribution in [0.25, 0.3) is 33.3 Å². The van der Waals surface area contributed by atoms with E-state index in [1.54, 1.807) is 6.07 Å². The highest BCUT2D eigenvalue weighted by Gasteiger charge is 2.21. The number of fused-ring (bicyclic) bond motifs is 1. The zero-order chi connectivity index (χ0) is 21.3. The molecule has 4 aromatic rings. The fourth-order valence-electron chi connectivity index (χ4n) is 3.51. The van der Waals surface area contributed by atoms with Crippen molar-refractivity contribution in [2.24, 2.45) is 0 Å². The zero-order valence-electron chi connectivity index (χ0n) is 15.6. The Morgan fingerprint density at radius 2 is 1.70 bits per heavy atom. The third kappa shape index (κ3) is 3.88. The van der Waals surface area contributed by atoms with Gasteiger partial charge in [-0.05, 0) is 57.5 Å². The Hall–Kier alpha value is -3.33. The Kier molecular flexibility index (Phi) is 5.45. The SMILES string of the molecule is O=C(O)Cc1c(-c2ccc(I)cc2)nc2ccc([N+](=O)[O-])cc2c1-c1ccccc1. The largest absolute Gasteiger partial charge is 0.481 e. The van der Waals surface area contributed by atoms with Gasteiger partial charge in [-0.3, -0.25) is 14.9 Å². The summed E-state index contributed by atoms with van der Waals surface area (Å²) in [6, 6.07) is 21.5. The van der Waals surface area contributed by atoms with Gasteiger partial charge in [-0.2, -0.15) is 0 Å². The minimum atomic E-state index is -0.995. The Morgan fingerprint density at radius 1 is 1.00 bits per heavy atom. The third-order valence-electron chi connectivity index (χ3n) is 4.79. The van der Waals surface area contributed by atoms with Crippen molar-refractivity contribution in [1.82, 2.24) is 4.98 Å². The lowest BCUT2D eigenvalue weighted by Gasteiger charge is -2.17. The molecule has 6 nitrogen and oxygen atoms in total. The van der Waals surface area contributed by atoms with Crippen molar-refractivity contribution in [2.75, 3.05) is 0 Å². The lowest BCUT2D eigenvalue weighted by molar-refractivity contribution is -0.384. The molecule has 0 aliphatic carbocycles. The highest BCUT2D eigenvalue weighted by Crippen LogP contribution is 2.38. The van der Waals surface area contributed by atoms with Crippen molar-refractivity contribution in [3.05, 3.63) is 92.0 Å². The first kappa shape index (κ1) is 20.0. The van der Waals surface area contributed by atoms with Crippen molar-refractivity contribution in [2.45, 2.75) is 6.42 Å². The van der Waals surface area contributed by atoms with E-state index in [1.165, 1.54) is 12.1 Å². The number of non-ortho nitro benzene ring substituents is 1. The molecule has 1 heterocycles. The first-order valence-corrected chi connectivity index (χ1v) is 10.2. The number of nitro benzene ring substituents is 1. The molecule has 0 aliphatic heterocycles. The van der Waals surface area contributed by atoms with Crippen molar-refractivity contribution in [1.29, 1.82) is 0 Å². The summed E-state index contributed by atoms with van der Waals surface area (Å²) in [5, 5.41) is 21.6. The van der Waals surface area contributed by atoms with E-state index in [9.17, 15) is 20.0 Å². The Balaban J connectivity index is 2.14. The van der Waals surface area contributed by atoms with Crippen LogP contribution in [0, 0.1) is 13.7 Å². The van der Waals surface area contributed by atoms with Crippen molar-refractivity contribution in [3.63, 3.8) is 0 Å². The van der Waals surface area contributed by atoms with E-state index in [0.29, 0.717) is 27.7 Å². The van der Waals surface area contributed by atoms with E-state index in [2.05, 4.69) is 22.6 Å². The van der Waals surface area contributed by atoms with E-state index in [-0.39, 0.29) is 12.1 Å². The molecule has 0 aliphatic rings. The molecule has 0 saturated carbocycles. The van der Waals surface area contributed by atoms with Gasteiger partial charge in [0.15, 0.2) is 0 Å². The van der Waals surface area contributed by atoms with Gasteiger partial charge in [-0.25, -0.2) is 4.98 Å². The molecule has 0 amide bonds. The second-order valence-corrected chi connectivity index (χ2v) is 7.96. The third-order valence-corrected chi connectivity index (χ3v) is 5.51. The van der Waals surface area contributed by atoms with Gasteiger partial charge in [0, 0.05) is 26.7 Å². The molecule has 0 radical (unpaired) electrons. The number of aromatic nitrogens is 1. The first-order chi connectivity index (χ1) is 14.4. The highest BCUT2D eigenvalue weighted by atomic mass is 127. The number of pyridine rings is 1. The van der Waals surface area contributed by atoms with E-state index in [1.807, 2.05) is 54.6 Å². The molecule has 30 heavy (non-hydrogen) atoms. The summed E-state index contributed by atoms with van der Waals surface area (Å²) in [7, 11) is 0. The number of aliphatic carboxylic acids is 1. The van der Waals surface area contributed by atoms with Gasteiger partial charge in [-0.1, -0.05) is 42.5 Å². The van der Waals surface area contributed by atoms with Crippen LogP contribution in [-0.4, -0.2) is 21.0 Å². The normalized spacial score (nSPS) is 10.8. The second kappa shape index (κ2) is 8.19. The molecule has 7 heteroatoms. The monoisotopic (exact) mass is 510 g/mol. The summed E-state index contributed by atoms with van der Waals surface area (Å²) >= 11 is 2.21. The summed E-state index contributed by atoms with van der Waals surface area (Å²) in [6.45, 7) is 0. The molecular formula is C23H15IN2O4. The van der Waals surface area contributed by atoms with Gasteiger partial charge in [-0.15, -0.1) is 0 Å². The summed E-state index contributed by atoms with van der Waals surface area (Å²) in [4.78, 5) is 27.4. The van der Waals surface area contributed by atoms with E-state index < -0.39 is 10.9 Å². The first-order valence-electron chi connectivity index (χ1n) is 9.08. The number of carboxylic acid groups (broad SMARTS) is 1. The average Bonchev–Trinajstić information content (AvgIpc) is 2.73. The van der Waals surface area contributed by atoms with Gasteiger partial charge >= 0.3 is 5.97 Å². The fraction of sp³-hybridized carbons (Fsp3) is 0.0435. The molecule has 0 fully saturated rings. The van der Waals surface area contributed by atoms with E-state index in [4.69, 9.17) is 4.98 Å². The van der Waals surface area contributed by atoms with Gasteiger partial charge in [0.05, 0.1) is 22.6 Å². The maximum Gasteiger partial charge on any atom is 0.307 e. The topological polar surface area (TPSA) is 93.3 Å². The van der Waals surface area contributed by atoms with Gasteiger partial charge in [0.25, 0.3) is 5.69 Å². The summed E-state index contributed by atoms with van der Waals surface area (Å²) in [5.74, 6) is -0.995. The lowest BCUT2D eigenvalue weighted by Crippen LogP contribution is -2.07. The van der Waals surface area contributed by atoms with E-state index in [0.717, 1.165) is 14.7 Å². The van der Waals surface area contributed by atoms with Crippen molar-refractivity contribution in [3.8, 4) is 22.4 Å². The minimum Gasteiger partial charge on any atom is -0.481 e. The molecule has 0 spiro atoms. The molecule has 1 aromatic heterocycles. The number of hydrogen-bond acceptors (Lipinski definition) is 4. The minimum absolute atomic E-state index is 0.0650. The molecular weight excluding hydrogens is 495 g/mol. The summed E-state index contributed by atoms with van der Waals surface area (Å²) < 4.78 is 1.05. The van der Waals surface area contributed by atoms with Crippen LogP contribution in [0.1, 0.15) is 5.56 Å². The quantitative estimate of drug-likeness (QED) is 0.211. The summed E-state index contributed by atoms with van der Waals surface area (Å²) in [5.41, 5.74) is 3.83. The zero-order valence-corrected chi connectivity index (χ0v) is 17.7. The van der Waals surface area contributed by atoms with Crippen LogP contribution >= 0.6 is 22.6 Å². The van der Waals surface area contributed by atoms with Gasteiger partial charge in [0.2, 0.25) is 0 Å². The standard InChI is InChI=1S/C23H15IN2O4/c24-16-8-6-15(7-9-16)23-19(13-21(27)28)22(14-4-2-1-3-5-14)18-12-17(26(29)30)10-11-20(18)25-23/h1-12H,13H2,(H,27,28). The second-order valence-electron chi connectivity index (χ2n) is 6.72. The molecule has 0 saturated heterocycles. The number of nitrogens with zero attached hydrogens (tertiary/aromatic N) is 2. The smallest absolute Gasteiger partial charge is 0.307 e. The average molecular weight is 510 g/mol. The molecule has 0 bridgehead atoms. The van der Waals surface area contributed by atoms with Crippen LogP contribution in [0.4, 0.5) is 5.69 Å². The maximum atomic E-state index is 11.8. The molecule has 4 rings (SSSR count). The van der Waals surface area contributed by atoms with E-state index >= 15 is 0 Å². The van der Waals surface area contributed by atoms with Gasteiger partial charge < -0.3 is 5.11 Å². The molecule has 148 valence electrons. The highest BCUT2D eigenvalue weighted by molar-refractivity contribution is 14.1. The number of hydrogen-bond donors (Lipinski definition) is 1. The van der Waals surface area contributed by atoms with Crippen LogP contribution in [-0.2, 0) is 11.2 Å². The van der Waals surface area contributed by atoms with Crippen LogP contribution in [0.5, 0.6) is 0 Å². The Morgan fingerprint density at radius 3 is 2.33 bits per heavy atom. The number of benzene rings is 3. The summed E-state index contributed by atoms with van der Waals surface area (Å²) in [6.07, 6.45) is -0.253. The lowest BCUT2D eigenvalue weighted by atomic mass is 9.90. The molecule has 3 aromatic carbocycles.